The van der Waals surface area contributed by atoms with E-state index in [4.69, 9.17) is 19.9 Å². The number of benzene rings is 1. The third-order valence-corrected chi connectivity index (χ3v) is 6.10. The van der Waals surface area contributed by atoms with Crippen molar-refractivity contribution in [3.05, 3.63) is 24.0 Å². The second-order valence-electron chi connectivity index (χ2n) is 9.00. The Hall–Kier alpha value is -2.88. The number of halogens is 1. The molecule has 0 saturated carbocycles. The number of carbonyl (C=O) groups excluding carboxylic acids is 3. The molecule has 0 radical (unpaired) electrons. The normalized spacial score (nSPS) is 22.2. The summed E-state index contributed by atoms with van der Waals surface area (Å²) in [6.45, 7) is 7.06. The van der Waals surface area contributed by atoms with E-state index >= 15 is 0 Å². The molecule has 3 amide bonds. The maximum atomic E-state index is 14.5. The molecule has 9 nitrogen and oxygen atoms in total. The van der Waals surface area contributed by atoms with Gasteiger partial charge in [-0.3, -0.25) is 9.59 Å². The number of hydrogen-bond acceptors (Lipinski definition) is 6. The third-order valence-electron chi connectivity index (χ3n) is 6.10. The zero-order valence-electron chi connectivity index (χ0n) is 18.0. The Morgan fingerprint density at radius 1 is 1.26 bits per heavy atom. The summed E-state index contributed by atoms with van der Waals surface area (Å²) in [5.41, 5.74) is 1.58. The van der Waals surface area contributed by atoms with Crippen molar-refractivity contribution in [3.63, 3.8) is 0 Å². The second-order valence-corrected chi connectivity index (χ2v) is 9.00. The highest BCUT2D eigenvalue weighted by Crippen LogP contribution is 2.41. The van der Waals surface area contributed by atoms with E-state index in [1.807, 2.05) is 0 Å². The molecule has 0 bridgehead atoms. The molecule has 1 aromatic rings. The SMILES string of the molecule is CC(C)(C)[C@](C)(OC(N)=O)C(=O)N[C@@H]1C(=O)Nc2cccc(F)c2OC12CCOCC2. The number of hydrogen-bond donors (Lipinski definition) is 3. The van der Waals surface area contributed by atoms with Crippen molar-refractivity contribution in [1.82, 2.24) is 5.32 Å². The fraction of sp³-hybridized carbons (Fsp3) is 0.571. The predicted molar refractivity (Wildman–Crippen MR) is 109 cm³/mol. The summed E-state index contributed by atoms with van der Waals surface area (Å²) < 4.78 is 31.2. The van der Waals surface area contributed by atoms with Crippen molar-refractivity contribution in [1.29, 1.82) is 0 Å². The highest BCUT2D eigenvalue weighted by Gasteiger charge is 2.54. The summed E-state index contributed by atoms with van der Waals surface area (Å²) in [6.07, 6.45) is -0.645. The van der Waals surface area contributed by atoms with Crippen LogP contribution in [0.3, 0.4) is 0 Å². The Bertz CT molecular complexity index is 894. The van der Waals surface area contributed by atoms with Crippen LogP contribution in [0.5, 0.6) is 5.75 Å². The van der Waals surface area contributed by atoms with Gasteiger partial charge in [0.1, 0.15) is 11.6 Å². The van der Waals surface area contributed by atoms with Gasteiger partial charge in [0.05, 0.1) is 18.9 Å². The fourth-order valence-electron chi connectivity index (χ4n) is 3.73. The first kappa shape index (κ1) is 22.8. The van der Waals surface area contributed by atoms with Crippen LogP contribution in [0.4, 0.5) is 14.9 Å². The molecule has 1 spiro atoms. The van der Waals surface area contributed by atoms with E-state index < -0.39 is 46.4 Å². The number of nitrogens with one attached hydrogen (secondary N) is 2. The van der Waals surface area contributed by atoms with Crippen LogP contribution in [0.15, 0.2) is 18.2 Å². The number of ether oxygens (including phenoxy) is 3. The highest BCUT2D eigenvalue weighted by atomic mass is 19.1. The molecule has 4 N–H and O–H groups in total. The minimum Gasteiger partial charge on any atom is -0.479 e. The van der Waals surface area contributed by atoms with Crippen LogP contribution in [-0.2, 0) is 19.1 Å². The summed E-state index contributed by atoms with van der Waals surface area (Å²) in [4.78, 5) is 38.1. The summed E-state index contributed by atoms with van der Waals surface area (Å²) in [5.74, 6) is -2.02. The number of para-hydroxylation sites is 1. The molecule has 0 aliphatic carbocycles. The monoisotopic (exact) mass is 437 g/mol. The summed E-state index contributed by atoms with van der Waals surface area (Å²) in [6, 6.07) is 3.00. The molecular formula is C21H28FN3O6. The molecule has 2 aliphatic rings. The predicted octanol–water partition coefficient (Wildman–Crippen LogP) is 2.09. The van der Waals surface area contributed by atoms with Crippen LogP contribution in [0.1, 0.15) is 40.5 Å². The Morgan fingerprint density at radius 2 is 1.90 bits per heavy atom. The Kier molecular flexibility index (Phi) is 5.88. The number of amides is 3. The van der Waals surface area contributed by atoms with E-state index in [0.717, 1.165) is 0 Å². The molecule has 0 aromatic heterocycles. The highest BCUT2D eigenvalue weighted by molar-refractivity contribution is 6.01. The van der Waals surface area contributed by atoms with Crippen LogP contribution in [0.2, 0.25) is 0 Å². The zero-order chi connectivity index (χ0) is 23.0. The number of carbonyl (C=O) groups is 3. The van der Waals surface area contributed by atoms with Crippen molar-refractivity contribution in [2.75, 3.05) is 18.5 Å². The van der Waals surface area contributed by atoms with E-state index in [-0.39, 0.29) is 37.5 Å². The summed E-state index contributed by atoms with van der Waals surface area (Å²) >= 11 is 0. The first-order valence-electron chi connectivity index (χ1n) is 10.1. The van der Waals surface area contributed by atoms with Gasteiger partial charge < -0.3 is 30.6 Å². The molecule has 31 heavy (non-hydrogen) atoms. The van der Waals surface area contributed by atoms with E-state index in [9.17, 15) is 18.8 Å². The molecule has 2 atom stereocenters. The first-order chi connectivity index (χ1) is 14.4. The molecule has 2 heterocycles. The largest absolute Gasteiger partial charge is 0.479 e. The lowest BCUT2D eigenvalue weighted by atomic mass is 9.76. The standard InChI is InChI=1S/C21H28FN3O6/c1-19(2,3)20(4,31-18(23)28)17(27)25-15-16(26)24-13-7-5-6-12(22)14(13)30-21(15)8-10-29-11-9-21/h5-7,15H,8-11H2,1-4H3,(H2,23,28)(H,24,26)(H,25,27)/t15-,20-/m1/s1. The van der Waals surface area contributed by atoms with Gasteiger partial charge in [0, 0.05) is 18.3 Å². The number of rotatable bonds is 3. The van der Waals surface area contributed by atoms with Crippen LogP contribution >= 0.6 is 0 Å². The molecule has 10 heteroatoms. The average Bonchev–Trinajstić information content (AvgIpc) is 2.77. The van der Waals surface area contributed by atoms with Crippen molar-refractivity contribution in [3.8, 4) is 5.75 Å². The lowest BCUT2D eigenvalue weighted by Gasteiger charge is -2.44. The van der Waals surface area contributed by atoms with Gasteiger partial charge in [-0.2, -0.15) is 0 Å². The average molecular weight is 437 g/mol. The molecule has 1 aromatic carbocycles. The number of primary amides is 1. The van der Waals surface area contributed by atoms with Crippen LogP contribution in [0, 0.1) is 11.2 Å². The lowest BCUT2D eigenvalue weighted by Crippen LogP contribution is -2.67. The van der Waals surface area contributed by atoms with Crippen LogP contribution < -0.4 is 21.1 Å². The maximum Gasteiger partial charge on any atom is 0.405 e. The number of anilines is 1. The van der Waals surface area contributed by atoms with Gasteiger partial charge in [-0.05, 0) is 19.1 Å². The molecule has 1 saturated heterocycles. The number of nitrogens with two attached hydrogens (primary N) is 1. The van der Waals surface area contributed by atoms with E-state index in [1.165, 1.54) is 25.1 Å². The quantitative estimate of drug-likeness (QED) is 0.664. The Morgan fingerprint density at radius 3 is 2.48 bits per heavy atom. The topological polar surface area (TPSA) is 129 Å². The lowest BCUT2D eigenvalue weighted by molar-refractivity contribution is -0.155. The Balaban J connectivity index is 2.02. The number of fused-ring (bicyclic) bond motifs is 1. The minimum atomic E-state index is -1.68. The van der Waals surface area contributed by atoms with Crippen LogP contribution in [-0.4, -0.2) is 48.4 Å². The maximum absolute atomic E-state index is 14.5. The van der Waals surface area contributed by atoms with Crippen molar-refractivity contribution in [2.45, 2.75) is 57.8 Å². The minimum absolute atomic E-state index is 0.0959. The van der Waals surface area contributed by atoms with Gasteiger partial charge in [0.15, 0.2) is 17.2 Å². The smallest absolute Gasteiger partial charge is 0.405 e. The third kappa shape index (κ3) is 4.16. The van der Waals surface area contributed by atoms with E-state index in [1.54, 1.807) is 20.8 Å². The van der Waals surface area contributed by atoms with Gasteiger partial charge in [-0.25, -0.2) is 9.18 Å². The molecule has 0 unspecified atom stereocenters. The molecular weight excluding hydrogens is 409 g/mol. The van der Waals surface area contributed by atoms with Gasteiger partial charge in [-0.15, -0.1) is 0 Å². The van der Waals surface area contributed by atoms with Gasteiger partial charge in [0.2, 0.25) is 0 Å². The van der Waals surface area contributed by atoms with Crippen molar-refractivity contribution >= 4 is 23.6 Å². The van der Waals surface area contributed by atoms with E-state index in [0.29, 0.717) is 0 Å². The molecule has 170 valence electrons. The zero-order valence-corrected chi connectivity index (χ0v) is 18.0. The molecule has 1 fully saturated rings. The van der Waals surface area contributed by atoms with Crippen molar-refractivity contribution < 1.29 is 33.0 Å². The second kappa shape index (κ2) is 7.99. The summed E-state index contributed by atoms with van der Waals surface area (Å²) in [5, 5.41) is 5.32. The van der Waals surface area contributed by atoms with Gasteiger partial charge in [-0.1, -0.05) is 26.8 Å². The Labute approximate surface area is 179 Å². The fourth-order valence-corrected chi connectivity index (χ4v) is 3.73. The van der Waals surface area contributed by atoms with E-state index in [2.05, 4.69) is 10.6 Å². The summed E-state index contributed by atoms with van der Waals surface area (Å²) in [7, 11) is 0. The molecule has 2 aliphatic heterocycles. The van der Waals surface area contributed by atoms with Gasteiger partial charge in [0.25, 0.3) is 11.8 Å². The first-order valence-corrected chi connectivity index (χ1v) is 10.1. The molecule has 3 rings (SSSR count). The van der Waals surface area contributed by atoms with Gasteiger partial charge >= 0.3 is 6.09 Å². The van der Waals surface area contributed by atoms with Crippen molar-refractivity contribution in [2.24, 2.45) is 11.1 Å². The van der Waals surface area contributed by atoms with Crippen LogP contribution in [0.25, 0.3) is 0 Å².